The van der Waals surface area contributed by atoms with Gasteiger partial charge in [0.25, 0.3) is 0 Å². The first-order valence-electron chi connectivity index (χ1n) is 6.98. The molecule has 1 aromatic rings. The third-order valence-electron chi connectivity index (χ3n) is 2.92. The van der Waals surface area contributed by atoms with E-state index in [1.54, 1.807) is 7.11 Å². The number of nitrogens with one attached hydrogen (secondary N) is 1. The molecule has 0 aromatic carbocycles. The standard InChI is InChI=1S/C14H26N2OS/c1-5-8-11-13(10-15-9-6-2)18-14(16-11)12(7-3)17-4/h12,15H,5-10H2,1-4H3. The van der Waals surface area contributed by atoms with E-state index in [0.29, 0.717) is 0 Å². The number of methoxy groups -OCH3 is 1. The quantitative estimate of drug-likeness (QED) is 0.695. The van der Waals surface area contributed by atoms with E-state index in [4.69, 9.17) is 9.72 Å². The Kier molecular flexibility index (Phi) is 7.47. The molecule has 0 fully saturated rings. The van der Waals surface area contributed by atoms with Crippen LogP contribution in [0.4, 0.5) is 0 Å². The molecule has 1 atom stereocenters. The summed E-state index contributed by atoms with van der Waals surface area (Å²) in [5, 5.41) is 4.60. The lowest BCUT2D eigenvalue weighted by atomic mass is 10.2. The summed E-state index contributed by atoms with van der Waals surface area (Å²) in [4.78, 5) is 6.16. The maximum atomic E-state index is 5.49. The van der Waals surface area contributed by atoms with Gasteiger partial charge < -0.3 is 10.1 Å². The largest absolute Gasteiger partial charge is 0.374 e. The van der Waals surface area contributed by atoms with Crippen LogP contribution in [0.3, 0.4) is 0 Å². The van der Waals surface area contributed by atoms with E-state index in [-0.39, 0.29) is 6.10 Å². The number of hydrogen-bond donors (Lipinski definition) is 1. The number of thiazole rings is 1. The predicted octanol–water partition coefficient (Wildman–Crippen LogP) is 3.69. The third-order valence-corrected chi connectivity index (χ3v) is 4.11. The fourth-order valence-electron chi connectivity index (χ4n) is 1.93. The molecule has 0 bridgehead atoms. The molecule has 104 valence electrons. The summed E-state index contributed by atoms with van der Waals surface area (Å²) in [5.41, 5.74) is 1.26. The molecular weight excluding hydrogens is 244 g/mol. The first kappa shape index (κ1) is 15.6. The van der Waals surface area contributed by atoms with E-state index >= 15 is 0 Å². The minimum atomic E-state index is 0.158. The van der Waals surface area contributed by atoms with Gasteiger partial charge in [-0.1, -0.05) is 27.2 Å². The van der Waals surface area contributed by atoms with Gasteiger partial charge in [-0.3, -0.25) is 0 Å². The van der Waals surface area contributed by atoms with Crippen molar-refractivity contribution in [3.63, 3.8) is 0 Å². The number of ether oxygens (including phenoxy) is 1. The van der Waals surface area contributed by atoms with Crippen LogP contribution < -0.4 is 5.32 Å². The second-order valence-corrected chi connectivity index (χ2v) is 5.60. The van der Waals surface area contributed by atoms with Crippen molar-refractivity contribution in [3.05, 3.63) is 15.6 Å². The zero-order valence-electron chi connectivity index (χ0n) is 12.1. The second-order valence-electron chi connectivity index (χ2n) is 4.48. The molecule has 0 aliphatic heterocycles. The first-order valence-corrected chi connectivity index (χ1v) is 7.80. The molecule has 1 aromatic heterocycles. The third kappa shape index (κ3) is 4.34. The van der Waals surface area contributed by atoms with Gasteiger partial charge in [0.1, 0.15) is 11.1 Å². The van der Waals surface area contributed by atoms with Crippen LogP contribution >= 0.6 is 11.3 Å². The molecule has 3 nitrogen and oxygen atoms in total. The van der Waals surface area contributed by atoms with E-state index in [2.05, 4.69) is 26.1 Å². The van der Waals surface area contributed by atoms with Crippen LogP contribution in [0, 0.1) is 0 Å². The number of hydrogen-bond acceptors (Lipinski definition) is 4. The summed E-state index contributed by atoms with van der Waals surface area (Å²) in [5.74, 6) is 0. The SMILES string of the molecule is CCCNCc1sc(C(CC)OC)nc1CCC. The predicted molar refractivity (Wildman–Crippen MR) is 78.1 cm³/mol. The lowest BCUT2D eigenvalue weighted by Crippen LogP contribution is -2.13. The molecule has 4 heteroatoms. The summed E-state index contributed by atoms with van der Waals surface area (Å²) in [6.07, 6.45) is 4.53. The van der Waals surface area contributed by atoms with Crippen molar-refractivity contribution in [2.75, 3.05) is 13.7 Å². The van der Waals surface area contributed by atoms with E-state index in [1.807, 2.05) is 11.3 Å². The first-order chi connectivity index (χ1) is 8.76. The zero-order valence-corrected chi connectivity index (χ0v) is 12.9. The van der Waals surface area contributed by atoms with Crippen LogP contribution in [0.25, 0.3) is 0 Å². The lowest BCUT2D eigenvalue weighted by molar-refractivity contribution is 0.0996. The Morgan fingerprint density at radius 2 is 2.06 bits per heavy atom. The summed E-state index contributed by atoms with van der Waals surface area (Å²) in [7, 11) is 1.77. The Balaban J connectivity index is 2.78. The molecule has 1 N–H and O–H groups in total. The number of aryl methyl sites for hydroxylation is 1. The van der Waals surface area contributed by atoms with Crippen LogP contribution in [0.5, 0.6) is 0 Å². The van der Waals surface area contributed by atoms with E-state index in [9.17, 15) is 0 Å². The maximum absolute atomic E-state index is 5.49. The van der Waals surface area contributed by atoms with E-state index < -0.39 is 0 Å². The smallest absolute Gasteiger partial charge is 0.122 e. The molecule has 0 amide bonds. The van der Waals surface area contributed by atoms with E-state index in [1.165, 1.54) is 17.0 Å². The molecule has 0 aliphatic rings. The van der Waals surface area contributed by atoms with Gasteiger partial charge in [-0.15, -0.1) is 11.3 Å². The molecule has 0 aliphatic carbocycles. The fraction of sp³-hybridized carbons (Fsp3) is 0.786. The van der Waals surface area contributed by atoms with Crippen LogP contribution in [0.15, 0.2) is 0 Å². The van der Waals surface area contributed by atoms with Gasteiger partial charge in [-0.05, 0) is 25.8 Å². The van der Waals surface area contributed by atoms with Gasteiger partial charge in [0.2, 0.25) is 0 Å². The topological polar surface area (TPSA) is 34.1 Å². The summed E-state index contributed by atoms with van der Waals surface area (Å²) in [6, 6.07) is 0. The van der Waals surface area contributed by atoms with Crippen LogP contribution in [-0.4, -0.2) is 18.6 Å². The maximum Gasteiger partial charge on any atom is 0.122 e. The molecule has 1 heterocycles. The Hall–Kier alpha value is -0.450. The van der Waals surface area contributed by atoms with Crippen molar-refractivity contribution in [2.24, 2.45) is 0 Å². The minimum absolute atomic E-state index is 0.158. The van der Waals surface area contributed by atoms with Gasteiger partial charge in [0.05, 0.1) is 5.69 Å². The summed E-state index contributed by atoms with van der Waals surface area (Å²) < 4.78 is 5.49. The molecule has 18 heavy (non-hydrogen) atoms. The van der Waals surface area contributed by atoms with Crippen molar-refractivity contribution >= 4 is 11.3 Å². The van der Waals surface area contributed by atoms with Crippen LogP contribution in [0.2, 0.25) is 0 Å². The Bertz CT molecular complexity index is 335. The molecule has 0 saturated carbocycles. The van der Waals surface area contributed by atoms with Crippen molar-refractivity contribution in [1.29, 1.82) is 0 Å². The van der Waals surface area contributed by atoms with Gasteiger partial charge in [-0.25, -0.2) is 4.98 Å². The number of nitrogens with zero attached hydrogens (tertiary/aromatic N) is 1. The normalized spacial score (nSPS) is 12.9. The Labute approximate surface area is 115 Å². The highest BCUT2D eigenvalue weighted by Crippen LogP contribution is 2.28. The molecule has 1 rings (SSSR count). The van der Waals surface area contributed by atoms with Gasteiger partial charge in [-0.2, -0.15) is 0 Å². The highest BCUT2D eigenvalue weighted by atomic mass is 32.1. The molecule has 0 saturated heterocycles. The number of aromatic nitrogens is 1. The highest BCUT2D eigenvalue weighted by molar-refractivity contribution is 7.11. The second kappa shape index (κ2) is 8.62. The van der Waals surface area contributed by atoms with Crippen molar-refractivity contribution in [3.8, 4) is 0 Å². The van der Waals surface area contributed by atoms with Gasteiger partial charge in [0.15, 0.2) is 0 Å². The van der Waals surface area contributed by atoms with Crippen molar-refractivity contribution in [1.82, 2.24) is 10.3 Å². The van der Waals surface area contributed by atoms with Crippen molar-refractivity contribution < 1.29 is 4.74 Å². The van der Waals surface area contributed by atoms with Crippen LogP contribution in [-0.2, 0) is 17.7 Å². The Morgan fingerprint density at radius 3 is 2.61 bits per heavy atom. The minimum Gasteiger partial charge on any atom is -0.374 e. The Morgan fingerprint density at radius 1 is 1.28 bits per heavy atom. The summed E-state index contributed by atoms with van der Waals surface area (Å²) in [6.45, 7) is 8.55. The monoisotopic (exact) mass is 270 g/mol. The van der Waals surface area contributed by atoms with Crippen LogP contribution in [0.1, 0.15) is 61.7 Å². The molecule has 1 unspecified atom stereocenters. The molecule has 0 radical (unpaired) electrons. The highest BCUT2D eigenvalue weighted by Gasteiger charge is 2.16. The number of rotatable bonds is 9. The molecule has 0 spiro atoms. The van der Waals surface area contributed by atoms with Gasteiger partial charge in [0, 0.05) is 18.5 Å². The average Bonchev–Trinajstić information content (AvgIpc) is 2.75. The fourth-order valence-corrected chi connectivity index (χ4v) is 3.17. The lowest BCUT2D eigenvalue weighted by Gasteiger charge is -2.08. The van der Waals surface area contributed by atoms with E-state index in [0.717, 1.165) is 37.4 Å². The van der Waals surface area contributed by atoms with Gasteiger partial charge >= 0.3 is 0 Å². The molecular formula is C14H26N2OS. The average molecular weight is 270 g/mol. The van der Waals surface area contributed by atoms with Crippen molar-refractivity contribution in [2.45, 2.75) is 59.1 Å². The summed E-state index contributed by atoms with van der Waals surface area (Å²) >= 11 is 1.81. The zero-order chi connectivity index (χ0) is 13.4.